The van der Waals surface area contributed by atoms with Crippen molar-refractivity contribution in [3.05, 3.63) is 0 Å². The highest BCUT2D eigenvalue weighted by atomic mass is 19.4. The van der Waals surface area contributed by atoms with Gasteiger partial charge in [0, 0.05) is 6.54 Å². The maximum absolute atomic E-state index is 11.5. The van der Waals surface area contributed by atoms with E-state index in [1.54, 1.807) is 0 Å². The quantitative estimate of drug-likeness (QED) is 0.684. The zero-order chi connectivity index (χ0) is 11.2. The van der Waals surface area contributed by atoms with Crippen LogP contribution in [0.3, 0.4) is 0 Å². The van der Waals surface area contributed by atoms with Gasteiger partial charge >= 0.3 is 6.36 Å². The number of nitrogens with one attached hydrogen (secondary N) is 1. The van der Waals surface area contributed by atoms with Gasteiger partial charge in [-0.05, 0) is 18.4 Å². The van der Waals surface area contributed by atoms with Crippen LogP contribution in [-0.4, -0.2) is 26.1 Å². The first kappa shape index (κ1) is 13.7. The predicted molar refractivity (Wildman–Crippen MR) is 48.9 cm³/mol. The highest BCUT2D eigenvalue weighted by Gasteiger charge is 2.28. The molecule has 14 heavy (non-hydrogen) atoms. The number of hydrogen-bond donors (Lipinski definition) is 1. The molecule has 0 aromatic carbocycles. The maximum atomic E-state index is 11.5. The molecule has 0 aromatic rings. The molecule has 0 aliphatic heterocycles. The number of halogens is 3. The van der Waals surface area contributed by atoms with Crippen molar-refractivity contribution >= 4 is 0 Å². The molecule has 2 nitrogen and oxygen atoms in total. The van der Waals surface area contributed by atoms with Crippen molar-refractivity contribution < 1.29 is 17.9 Å². The van der Waals surface area contributed by atoms with Crippen LogP contribution in [0.5, 0.6) is 0 Å². The van der Waals surface area contributed by atoms with E-state index in [1.165, 1.54) is 0 Å². The topological polar surface area (TPSA) is 21.3 Å². The Balaban J connectivity index is 3.30. The van der Waals surface area contributed by atoms with E-state index in [1.807, 2.05) is 0 Å². The highest BCUT2D eigenvalue weighted by molar-refractivity contribution is 4.60. The van der Waals surface area contributed by atoms with Crippen molar-refractivity contribution in [3.63, 3.8) is 0 Å². The summed E-state index contributed by atoms with van der Waals surface area (Å²) in [5.41, 5.74) is 0. The normalized spacial score (nSPS) is 14.8. The van der Waals surface area contributed by atoms with Crippen LogP contribution in [0.1, 0.15) is 20.8 Å². The number of hydrogen-bond acceptors (Lipinski definition) is 2. The average Bonchev–Trinajstić information content (AvgIpc) is 2.01. The molecule has 1 atom stereocenters. The van der Waals surface area contributed by atoms with Gasteiger partial charge in [0.1, 0.15) is 0 Å². The van der Waals surface area contributed by atoms with Gasteiger partial charge in [0.2, 0.25) is 0 Å². The third-order valence-electron chi connectivity index (χ3n) is 2.15. The molecule has 0 saturated carbocycles. The summed E-state index contributed by atoms with van der Waals surface area (Å²) in [4.78, 5) is 0. The molecule has 0 rings (SSSR count). The minimum Gasteiger partial charge on any atom is -0.314 e. The summed E-state index contributed by atoms with van der Waals surface area (Å²) < 4.78 is 38.2. The summed E-state index contributed by atoms with van der Waals surface area (Å²) in [6, 6.07) is 0. The summed E-state index contributed by atoms with van der Waals surface area (Å²) in [6.07, 6.45) is -4.51. The molecular weight excluding hydrogens is 195 g/mol. The highest BCUT2D eigenvalue weighted by Crippen LogP contribution is 2.15. The number of rotatable bonds is 6. The maximum Gasteiger partial charge on any atom is 0.522 e. The monoisotopic (exact) mass is 213 g/mol. The average molecular weight is 213 g/mol. The molecule has 0 bridgehead atoms. The molecule has 1 N–H and O–H groups in total. The molecule has 0 saturated heterocycles. The Morgan fingerprint density at radius 2 is 1.79 bits per heavy atom. The van der Waals surface area contributed by atoms with Gasteiger partial charge in [-0.15, -0.1) is 13.2 Å². The van der Waals surface area contributed by atoms with Gasteiger partial charge in [-0.25, -0.2) is 0 Å². The molecule has 5 heteroatoms. The Hall–Kier alpha value is -0.290. The van der Waals surface area contributed by atoms with Crippen molar-refractivity contribution in [1.29, 1.82) is 0 Å². The fourth-order valence-corrected chi connectivity index (χ4v) is 0.804. The minimum atomic E-state index is -4.51. The first-order chi connectivity index (χ1) is 6.33. The standard InChI is InChI=1S/C9H18F3NO/c1-7(2)8(3)6-13-4-5-14-9(10,11)12/h7-8,13H,4-6H2,1-3H3. The zero-order valence-electron chi connectivity index (χ0n) is 8.82. The van der Waals surface area contributed by atoms with E-state index in [0.717, 1.165) is 6.54 Å². The van der Waals surface area contributed by atoms with E-state index in [2.05, 4.69) is 30.8 Å². The number of alkyl halides is 3. The van der Waals surface area contributed by atoms with Gasteiger partial charge in [0.15, 0.2) is 0 Å². The molecule has 0 heterocycles. The summed E-state index contributed by atoms with van der Waals surface area (Å²) in [6.45, 7) is 6.85. The fourth-order valence-electron chi connectivity index (χ4n) is 0.804. The Labute approximate surface area is 82.8 Å². The summed E-state index contributed by atoms with van der Waals surface area (Å²) in [5.74, 6) is 0.993. The molecule has 0 aromatic heterocycles. The summed E-state index contributed by atoms with van der Waals surface area (Å²) in [5, 5.41) is 2.91. The lowest BCUT2D eigenvalue weighted by atomic mass is 9.98. The lowest BCUT2D eigenvalue weighted by Gasteiger charge is -2.16. The van der Waals surface area contributed by atoms with Crippen LogP contribution in [0.25, 0.3) is 0 Å². The molecule has 0 aliphatic rings. The Kier molecular flexibility index (Phi) is 6.11. The van der Waals surface area contributed by atoms with E-state index in [9.17, 15) is 13.2 Å². The van der Waals surface area contributed by atoms with E-state index in [-0.39, 0.29) is 13.2 Å². The Morgan fingerprint density at radius 1 is 1.21 bits per heavy atom. The molecule has 86 valence electrons. The lowest BCUT2D eigenvalue weighted by Crippen LogP contribution is -2.29. The van der Waals surface area contributed by atoms with Crippen molar-refractivity contribution in [2.75, 3.05) is 19.7 Å². The van der Waals surface area contributed by atoms with E-state index in [0.29, 0.717) is 11.8 Å². The second kappa shape index (κ2) is 6.24. The molecule has 0 fully saturated rings. The molecule has 0 amide bonds. The van der Waals surface area contributed by atoms with Gasteiger partial charge in [-0.1, -0.05) is 20.8 Å². The van der Waals surface area contributed by atoms with Gasteiger partial charge in [-0.3, -0.25) is 4.74 Å². The van der Waals surface area contributed by atoms with Crippen molar-refractivity contribution in [1.82, 2.24) is 5.32 Å². The van der Waals surface area contributed by atoms with Gasteiger partial charge in [0.25, 0.3) is 0 Å². The molecular formula is C9H18F3NO. The first-order valence-electron chi connectivity index (χ1n) is 4.74. The van der Waals surface area contributed by atoms with Gasteiger partial charge < -0.3 is 5.32 Å². The molecule has 0 aliphatic carbocycles. The van der Waals surface area contributed by atoms with Gasteiger partial charge in [0.05, 0.1) is 6.61 Å². The van der Waals surface area contributed by atoms with Crippen molar-refractivity contribution in [3.8, 4) is 0 Å². The Morgan fingerprint density at radius 3 is 2.21 bits per heavy atom. The SMILES string of the molecule is CC(C)C(C)CNCCOC(F)(F)F. The number of ether oxygens (including phenoxy) is 1. The third-order valence-corrected chi connectivity index (χ3v) is 2.15. The van der Waals surface area contributed by atoms with Crippen LogP contribution in [0.15, 0.2) is 0 Å². The van der Waals surface area contributed by atoms with Crippen LogP contribution in [-0.2, 0) is 4.74 Å². The largest absolute Gasteiger partial charge is 0.522 e. The van der Waals surface area contributed by atoms with Gasteiger partial charge in [-0.2, -0.15) is 0 Å². The molecule has 1 unspecified atom stereocenters. The van der Waals surface area contributed by atoms with Crippen molar-refractivity contribution in [2.24, 2.45) is 11.8 Å². The second-order valence-corrected chi connectivity index (χ2v) is 3.72. The zero-order valence-corrected chi connectivity index (χ0v) is 8.82. The molecule has 0 spiro atoms. The van der Waals surface area contributed by atoms with Crippen LogP contribution in [0.2, 0.25) is 0 Å². The third kappa shape index (κ3) is 8.31. The minimum absolute atomic E-state index is 0.233. The van der Waals surface area contributed by atoms with Crippen LogP contribution in [0.4, 0.5) is 13.2 Å². The fraction of sp³-hybridized carbons (Fsp3) is 1.00. The predicted octanol–water partition coefficient (Wildman–Crippen LogP) is 2.40. The first-order valence-corrected chi connectivity index (χ1v) is 4.74. The Bertz CT molecular complexity index is 147. The van der Waals surface area contributed by atoms with E-state index in [4.69, 9.17) is 0 Å². The molecule has 0 radical (unpaired) electrons. The van der Waals surface area contributed by atoms with Crippen LogP contribution < -0.4 is 5.32 Å². The van der Waals surface area contributed by atoms with Crippen LogP contribution >= 0.6 is 0 Å². The van der Waals surface area contributed by atoms with Crippen LogP contribution in [0, 0.1) is 11.8 Å². The van der Waals surface area contributed by atoms with E-state index < -0.39 is 6.36 Å². The second-order valence-electron chi connectivity index (χ2n) is 3.72. The lowest BCUT2D eigenvalue weighted by molar-refractivity contribution is -0.323. The van der Waals surface area contributed by atoms with Crippen molar-refractivity contribution in [2.45, 2.75) is 27.1 Å². The summed E-state index contributed by atoms with van der Waals surface area (Å²) in [7, 11) is 0. The smallest absolute Gasteiger partial charge is 0.314 e. The summed E-state index contributed by atoms with van der Waals surface area (Å²) >= 11 is 0. The van der Waals surface area contributed by atoms with E-state index >= 15 is 0 Å².